The molecule has 2 aliphatic heterocycles. The quantitative estimate of drug-likeness (QED) is 0.581. The molecule has 31 heavy (non-hydrogen) atoms. The molecule has 2 amide bonds. The molecule has 1 aromatic rings. The Morgan fingerprint density at radius 1 is 0.839 bits per heavy atom. The molecule has 8 heteroatoms. The van der Waals surface area contributed by atoms with Crippen LogP contribution in [0.25, 0.3) is 0 Å². The van der Waals surface area contributed by atoms with Crippen molar-refractivity contribution >= 4 is 41.0 Å². The predicted molar refractivity (Wildman–Crippen MR) is 121 cm³/mol. The maximum atomic E-state index is 13.0. The van der Waals surface area contributed by atoms with Gasteiger partial charge < -0.3 is 14.5 Å². The highest BCUT2D eigenvalue weighted by molar-refractivity contribution is 6.35. The van der Waals surface area contributed by atoms with E-state index in [0.29, 0.717) is 67.5 Å². The number of hydrogen-bond acceptors (Lipinski definition) is 4. The number of piperidine rings is 2. The molecule has 2 aliphatic rings. The van der Waals surface area contributed by atoms with E-state index in [-0.39, 0.29) is 29.6 Å². The zero-order valence-electron chi connectivity index (χ0n) is 18.3. The normalized spacial score (nSPS) is 18.7. The summed E-state index contributed by atoms with van der Waals surface area (Å²) >= 11 is 12.0. The number of Topliss-reactive ketones (excluding diaryl/α,β-unsaturated/α-hetero) is 1. The number of likely N-dealkylation sites (tertiary alicyclic amines) is 2. The molecule has 0 N–H and O–H groups in total. The van der Waals surface area contributed by atoms with Gasteiger partial charge in [0.25, 0.3) is 0 Å². The molecule has 3 rings (SSSR count). The van der Waals surface area contributed by atoms with Gasteiger partial charge in [-0.25, -0.2) is 4.79 Å². The number of carbonyl (C=O) groups excluding carboxylic acids is 3. The summed E-state index contributed by atoms with van der Waals surface area (Å²) in [6, 6.07) is 4.90. The molecule has 1 aromatic carbocycles. The Morgan fingerprint density at radius 3 is 1.84 bits per heavy atom. The van der Waals surface area contributed by atoms with Crippen LogP contribution in [0.4, 0.5) is 4.79 Å². The van der Waals surface area contributed by atoms with E-state index in [9.17, 15) is 14.4 Å². The molecule has 0 radical (unpaired) electrons. The van der Waals surface area contributed by atoms with Crippen molar-refractivity contribution < 1.29 is 19.1 Å². The van der Waals surface area contributed by atoms with Crippen molar-refractivity contribution in [3.63, 3.8) is 0 Å². The molecule has 0 spiro atoms. The van der Waals surface area contributed by atoms with E-state index in [0.717, 1.165) is 0 Å². The summed E-state index contributed by atoms with van der Waals surface area (Å²) in [7, 11) is 0. The summed E-state index contributed by atoms with van der Waals surface area (Å²) < 4.78 is 5.42. The minimum atomic E-state index is -0.526. The number of nitrogens with zero attached hydrogens (tertiary/aromatic N) is 2. The highest BCUT2D eigenvalue weighted by Gasteiger charge is 2.34. The minimum absolute atomic E-state index is 0.0298. The van der Waals surface area contributed by atoms with Crippen LogP contribution < -0.4 is 0 Å². The standard InChI is InChI=1S/C23H30Cl2N2O4/c1-23(2,3)31-22(30)27-10-6-16(7-11-27)21(29)26-8-4-15(5-9-26)20(28)17-12-18(24)14-19(25)13-17/h12-16H,4-11H2,1-3H3. The molecule has 0 atom stereocenters. The number of ether oxygens (including phenoxy) is 1. The fraction of sp³-hybridized carbons (Fsp3) is 0.609. The third kappa shape index (κ3) is 6.36. The summed E-state index contributed by atoms with van der Waals surface area (Å²) in [4.78, 5) is 41.5. The Labute approximate surface area is 193 Å². The van der Waals surface area contributed by atoms with Gasteiger partial charge in [0.1, 0.15) is 5.60 Å². The van der Waals surface area contributed by atoms with Gasteiger partial charge in [0, 0.05) is 53.6 Å². The first kappa shape index (κ1) is 23.9. The van der Waals surface area contributed by atoms with Crippen molar-refractivity contribution in [2.24, 2.45) is 11.8 Å². The number of carbonyl (C=O) groups is 3. The molecule has 2 heterocycles. The molecule has 0 aliphatic carbocycles. The van der Waals surface area contributed by atoms with Gasteiger partial charge in [-0.15, -0.1) is 0 Å². The molecule has 170 valence electrons. The third-order valence-electron chi connectivity index (χ3n) is 5.82. The average molecular weight is 469 g/mol. The molecule has 0 saturated carbocycles. The fourth-order valence-electron chi connectivity index (χ4n) is 4.19. The van der Waals surface area contributed by atoms with Crippen LogP contribution in [0.2, 0.25) is 10.0 Å². The fourth-order valence-corrected chi connectivity index (χ4v) is 4.71. The largest absolute Gasteiger partial charge is 0.444 e. The smallest absolute Gasteiger partial charge is 0.410 e. The number of ketones is 1. The summed E-state index contributed by atoms with van der Waals surface area (Å²) in [5, 5.41) is 0.891. The number of benzene rings is 1. The second kappa shape index (κ2) is 9.78. The maximum Gasteiger partial charge on any atom is 0.410 e. The van der Waals surface area contributed by atoms with Gasteiger partial charge in [0.05, 0.1) is 0 Å². The van der Waals surface area contributed by atoms with Crippen molar-refractivity contribution in [1.29, 1.82) is 0 Å². The first-order chi connectivity index (χ1) is 14.5. The first-order valence-corrected chi connectivity index (χ1v) is 11.6. The van der Waals surface area contributed by atoms with Crippen molar-refractivity contribution in [3.8, 4) is 0 Å². The Balaban J connectivity index is 1.48. The van der Waals surface area contributed by atoms with E-state index >= 15 is 0 Å². The summed E-state index contributed by atoms with van der Waals surface area (Å²) in [5.74, 6) is -0.0621. The van der Waals surface area contributed by atoms with Crippen LogP contribution >= 0.6 is 23.2 Å². The number of amides is 2. The first-order valence-electron chi connectivity index (χ1n) is 10.8. The van der Waals surface area contributed by atoms with Gasteiger partial charge in [-0.05, 0) is 64.7 Å². The average Bonchev–Trinajstić information content (AvgIpc) is 2.71. The van der Waals surface area contributed by atoms with Crippen LogP contribution in [-0.4, -0.2) is 59.4 Å². The summed E-state index contributed by atoms with van der Waals surface area (Å²) in [6.45, 7) is 7.71. The highest BCUT2D eigenvalue weighted by atomic mass is 35.5. The van der Waals surface area contributed by atoms with Crippen molar-refractivity contribution in [1.82, 2.24) is 9.80 Å². The second-order valence-corrected chi connectivity index (χ2v) is 10.2. The van der Waals surface area contributed by atoms with E-state index in [4.69, 9.17) is 27.9 Å². The highest BCUT2D eigenvalue weighted by Crippen LogP contribution is 2.28. The van der Waals surface area contributed by atoms with Crippen molar-refractivity contribution in [2.45, 2.75) is 52.1 Å². The number of halogens is 2. The van der Waals surface area contributed by atoms with E-state index in [1.54, 1.807) is 23.1 Å². The lowest BCUT2D eigenvalue weighted by atomic mass is 9.87. The third-order valence-corrected chi connectivity index (χ3v) is 6.26. The van der Waals surface area contributed by atoms with Crippen LogP contribution in [0.5, 0.6) is 0 Å². The zero-order chi connectivity index (χ0) is 22.8. The molecule has 2 fully saturated rings. The summed E-state index contributed by atoms with van der Waals surface area (Å²) in [5.41, 5.74) is -0.00104. The van der Waals surface area contributed by atoms with Gasteiger partial charge in [0.15, 0.2) is 5.78 Å². The van der Waals surface area contributed by atoms with Gasteiger partial charge in [-0.2, -0.15) is 0 Å². The van der Waals surface area contributed by atoms with E-state index < -0.39 is 5.60 Å². The lowest BCUT2D eigenvalue weighted by Gasteiger charge is -2.37. The maximum absolute atomic E-state index is 13.0. The van der Waals surface area contributed by atoms with Gasteiger partial charge in [-0.3, -0.25) is 9.59 Å². The Morgan fingerprint density at radius 2 is 1.32 bits per heavy atom. The molecule has 6 nitrogen and oxygen atoms in total. The minimum Gasteiger partial charge on any atom is -0.444 e. The Kier molecular flexibility index (Phi) is 7.53. The molecular formula is C23H30Cl2N2O4. The van der Waals surface area contributed by atoms with Crippen LogP contribution in [0.1, 0.15) is 56.8 Å². The second-order valence-electron chi connectivity index (χ2n) is 9.36. The molecule has 2 saturated heterocycles. The number of rotatable bonds is 3. The van der Waals surface area contributed by atoms with E-state index in [1.807, 2.05) is 25.7 Å². The van der Waals surface area contributed by atoms with Gasteiger partial charge in [0.2, 0.25) is 5.91 Å². The molecule has 0 aromatic heterocycles. The number of hydrogen-bond donors (Lipinski definition) is 0. The van der Waals surface area contributed by atoms with E-state index in [2.05, 4.69) is 0 Å². The van der Waals surface area contributed by atoms with Crippen molar-refractivity contribution in [3.05, 3.63) is 33.8 Å². The predicted octanol–water partition coefficient (Wildman–Crippen LogP) is 5.06. The Hall–Kier alpha value is -1.79. The topological polar surface area (TPSA) is 66.9 Å². The monoisotopic (exact) mass is 468 g/mol. The summed E-state index contributed by atoms with van der Waals surface area (Å²) in [6.07, 6.45) is 2.21. The van der Waals surface area contributed by atoms with E-state index in [1.165, 1.54) is 0 Å². The lowest BCUT2D eigenvalue weighted by molar-refractivity contribution is -0.138. The van der Waals surface area contributed by atoms with Crippen molar-refractivity contribution in [2.75, 3.05) is 26.2 Å². The van der Waals surface area contributed by atoms with Gasteiger partial charge >= 0.3 is 6.09 Å². The zero-order valence-corrected chi connectivity index (χ0v) is 19.8. The molecule has 0 unspecified atom stereocenters. The molecular weight excluding hydrogens is 439 g/mol. The van der Waals surface area contributed by atoms with Crippen LogP contribution in [0, 0.1) is 11.8 Å². The Bertz CT molecular complexity index is 816. The SMILES string of the molecule is CC(C)(C)OC(=O)N1CCC(C(=O)N2CCC(C(=O)c3cc(Cl)cc(Cl)c3)CC2)CC1. The van der Waals surface area contributed by atoms with Crippen LogP contribution in [0.15, 0.2) is 18.2 Å². The van der Waals surface area contributed by atoms with Crippen LogP contribution in [-0.2, 0) is 9.53 Å². The molecule has 0 bridgehead atoms. The lowest BCUT2D eigenvalue weighted by Crippen LogP contribution is -2.47. The van der Waals surface area contributed by atoms with Gasteiger partial charge in [-0.1, -0.05) is 23.2 Å². The van der Waals surface area contributed by atoms with Crippen LogP contribution in [0.3, 0.4) is 0 Å².